The first kappa shape index (κ1) is 16.2. The van der Waals surface area contributed by atoms with Gasteiger partial charge in [0.1, 0.15) is 0 Å². The lowest BCUT2D eigenvalue weighted by Gasteiger charge is -2.19. The molecular weight excluding hydrogens is 294 g/mol. The van der Waals surface area contributed by atoms with Gasteiger partial charge >= 0.3 is 6.09 Å². The molecule has 1 aromatic carbocycles. The molecular formula is C16H17N5O2. The molecule has 0 fully saturated rings. The molecule has 0 saturated heterocycles. The largest absolute Gasteiger partial charge is 0.449 e. The number of amides is 1. The number of rotatable bonds is 4. The molecule has 0 unspecified atom stereocenters. The van der Waals surface area contributed by atoms with E-state index in [4.69, 9.17) is 10.00 Å². The summed E-state index contributed by atoms with van der Waals surface area (Å²) in [6.07, 6.45) is -0.550. The van der Waals surface area contributed by atoms with Gasteiger partial charge in [0, 0.05) is 12.6 Å². The van der Waals surface area contributed by atoms with Gasteiger partial charge in [0.15, 0.2) is 5.82 Å². The van der Waals surface area contributed by atoms with Crippen LogP contribution in [0.15, 0.2) is 30.3 Å². The van der Waals surface area contributed by atoms with Crippen LogP contribution in [0.25, 0.3) is 11.3 Å². The van der Waals surface area contributed by atoms with E-state index in [9.17, 15) is 4.79 Å². The quantitative estimate of drug-likeness (QED) is 0.872. The average molecular weight is 311 g/mol. The van der Waals surface area contributed by atoms with E-state index in [0.717, 1.165) is 16.8 Å². The highest BCUT2D eigenvalue weighted by Crippen LogP contribution is 2.22. The minimum atomic E-state index is -0.550. The van der Waals surface area contributed by atoms with Gasteiger partial charge in [-0.1, -0.05) is 12.1 Å². The van der Waals surface area contributed by atoms with Crippen LogP contribution in [0.3, 0.4) is 0 Å². The van der Waals surface area contributed by atoms with Crippen LogP contribution in [0.5, 0.6) is 0 Å². The third-order valence-electron chi connectivity index (χ3n) is 3.14. The van der Waals surface area contributed by atoms with Crippen LogP contribution >= 0.6 is 0 Å². The first-order valence-corrected chi connectivity index (χ1v) is 7.07. The van der Waals surface area contributed by atoms with Crippen molar-refractivity contribution in [2.45, 2.75) is 13.8 Å². The molecule has 2 rings (SSSR count). The number of nitriles is 1. The summed E-state index contributed by atoms with van der Waals surface area (Å²) in [5, 5.41) is 18.6. The lowest BCUT2D eigenvalue weighted by Crippen LogP contribution is -2.40. The summed E-state index contributed by atoms with van der Waals surface area (Å²) in [6.45, 7) is 3.93. The number of carbonyl (C=O) groups is 1. The fourth-order valence-electron chi connectivity index (χ4n) is 1.98. The summed E-state index contributed by atoms with van der Waals surface area (Å²) >= 11 is 0. The zero-order chi connectivity index (χ0) is 16.8. The third-order valence-corrected chi connectivity index (χ3v) is 3.14. The zero-order valence-corrected chi connectivity index (χ0v) is 13.2. The second kappa shape index (κ2) is 7.22. The first-order chi connectivity index (χ1) is 11.0. The molecule has 0 saturated carbocycles. The number of hydrazine groups is 1. The van der Waals surface area contributed by atoms with Crippen molar-refractivity contribution in [3.63, 3.8) is 0 Å². The molecule has 0 bridgehead atoms. The normalized spacial score (nSPS) is 9.83. The number of hydrogen-bond acceptors (Lipinski definition) is 6. The highest BCUT2D eigenvalue weighted by atomic mass is 16.6. The van der Waals surface area contributed by atoms with Crippen molar-refractivity contribution in [3.8, 4) is 17.3 Å². The van der Waals surface area contributed by atoms with Gasteiger partial charge in [-0.05, 0) is 37.6 Å². The number of aryl methyl sites for hydroxylation is 1. The van der Waals surface area contributed by atoms with E-state index in [1.807, 2.05) is 25.1 Å². The standard InChI is InChI=1S/C16H17N5O2/c1-4-23-16(22)20-21(3)14-9-11(2)15(19-18-14)13-7-5-12(10-17)6-8-13/h5-9H,4H2,1-3H3,(H,20,22). The predicted octanol–water partition coefficient (Wildman–Crippen LogP) is 2.42. The minimum Gasteiger partial charge on any atom is -0.449 e. The lowest BCUT2D eigenvalue weighted by atomic mass is 10.1. The molecule has 0 aliphatic rings. The van der Waals surface area contributed by atoms with E-state index in [2.05, 4.69) is 21.7 Å². The summed E-state index contributed by atoms with van der Waals surface area (Å²) in [5.41, 5.74) is 5.63. The van der Waals surface area contributed by atoms with Crippen molar-refractivity contribution < 1.29 is 9.53 Å². The monoisotopic (exact) mass is 311 g/mol. The molecule has 0 aliphatic heterocycles. The summed E-state index contributed by atoms with van der Waals surface area (Å²) < 4.78 is 4.81. The van der Waals surface area contributed by atoms with Gasteiger partial charge in [-0.2, -0.15) is 5.26 Å². The lowest BCUT2D eigenvalue weighted by molar-refractivity contribution is 0.151. The number of nitrogens with zero attached hydrogens (tertiary/aromatic N) is 4. The van der Waals surface area contributed by atoms with E-state index in [0.29, 0.717) is 18.0 Å². The van der Waals surface area contributed by atoms with Crippen LogP contribution in [0, 0.1) is 18.3 Å². The molecule has 0 spiro atoms. The van der Waals surface area contributed by atoms with Crippen molar-refractivity contribution in [3.05, 3.63) is 41.5 Å². The van der Waals surface area contributed by atoms with E-state index < -0.39 is 6.09 Å². The van der Waals surface area contributed by atoms with Gasteiger partial charge in [0.2, 0.25) is 0 Å². The second-order valence-corrected chi connectivity index (χ2v) is 4.81. The van der Waals surface area contributed by atoms with Crippen molar-refractivity contribution >= 4 is 11.9 Å². The highest BCUT2D eigenvalue weighted by Gasteiger charge is 2.11. The summed E-state index contributed by atoms with van der Waals surface area (Å²) in [5.74, 6) is 0.493. The molecule has 7 heteroatoms. The molecule has 1 heterocycles. The smallest absolute Gasteiger partial charge is 0.426 e. The summed E-state index contributed by atoms with van der Waals surface area (Å²) in [7, 11) is 1.65. The number of anilines is 1. The minimum absolute atomic E-state index is 0.294. The third kappa shape index (κ3) is 3.95. The maximum absolute atomic E-state index is 11.4. The first-order valence-electron chi connectivity index (χ1n) is 7.07. The van der Waals surface area contributed by atoms with E-state index >= 15 is 0 Å². The maximum Gasteiger partial charge on any atom is 0.426 e. The van der Waals surface area contributed by atoms with Gasteiger partial charge in [0.25, 0.3) is 0 Å². The summed E-state index contributed by atoms with van der Waals surface area (Å²) in [6, 6.07) is 11.0. The van der Waals surface area contributed by atoms with Crippen LogP contribution in [0.4, 0.5) is 10.6 Å². The number of hydrogen-bond donors (Lipinski definition) is 1. The second-order valence-electron chi connectivity index (χ2n) is 4.81. The van der Waals surface area contributed by atoms with Crippen LogP contribution < -0.4 is 10.4 Å². The summed E-state index contributed by atoms with van der Waals surface area (Å²) in [4.78, 5) is 11.4. The van der Waals surface area contributed by atoms with Crippen LogP contribution in [0.2, 0.25) is 0 Å². The van der Waals surface area contributed by atoms with Gasteiger partial charge in [-0.25, -0.2) is 10.2 Å². The zero-order valence-electron chi connectivity index (χ0n) is 13.2. The predicted molar refractivity (Wildman–Crippen MR) is 85.5 cm³/mol. The molecule has 118 valence electrons. The Morgan fingerprint density at radius 1 is 1.35 bits per heavy atom. The average Bonchev–Trinajstić information content (AvgIpc) is 2.55. The molecule has 2 aromatic rings. The van der Waals surface area contributed by atoms with Crippen LogP contribution in [-0.2, 0) is 4.74 Å². The number of benzene rings is 1. The fraction of sp³-hybridized carbons (Fsp3) is 0.250. The Hall–Kier alpha value is -3.14. The number of carbonyl (C=O) groups excluding carboxylic acids is 1. The molecule has 23 heavy (non-hydrogen) atoms. The van der Waals surface area contributed by atoms with E-state index in [-0.39, 0.29) is 0 Å². The van der Waals surface area contributed by atoms with Crippen LogP contribution in [-0.4, -0.2) is 29.9 Å². The van der Waals surface area contributed by atoms with Gasteiger partial charge in [-0.3, -0.25) is 5.01 Å². The van der Waals surface area contributed by atoms with Crippen molar-refractivity contribution in [2.24, 2.45) is 0 Å². The number of aromatic nitrogens is 2. The van der Waals surface area contributed by atoms with E-state index in [1.54, 1.807) is 26.1 Å². The van der Waals surface area contributed by atoms with Gasteiger partial charge in [-0.15, -0.1) is 10.2 Å². The highest BCUT2D eigenvalue weighted by molar-refractivity contribution is 5.70. The SMILES string of the molecule is CCOC(=O)NN(C)c1cc(C)c(-c2ccc(C#N)cc2)nn1. The topological polar surface area (TPSA) is 91.1 Å². The Labute approximate surface area is 134 Å². The molecule has 0 aliphatic carbocycles. The Morgan fingerprint density at radius 3 is 2.61 bits per heavy atom. The Morgan fingerprint density at radius 2 is 2.04 bits per heavy atom. The molecule has 1 N–H and O–H groups in total. The van der Waals surface area contributed by atoms with Crippen LogP contribution in [0.1, 0.15) is 18.1 Å². The van der Waals surface area contributed by atoms with Crippen molar-refractivity contribution in [2.75, 3.05) is 18.7 Å². The Balaban J connectivity index is 2.20. The molecule has 0 atom stereocenters. The maximum atomic E-state index is 11.4. The van der Waals surface area contributed by atoms with Gasteiger partial charge in [0.05, 0.1) is 23.9 Å². The van der Waals surface area contributed by atoms with Gasteiger partial charge < -0.3 is 4.74 Å². The Kier molecular flexibility index (Phi) is 5.10. The number of ether oxygens (including phenoxy) is 1. The molecule has 1 amide bonds. The number of nitrogens with one attached hydrogen (secondary N) is 1. The molecule has 1 aromatic heterocycles. The Bertz CT molecular complexity index is 737. The van der Waals surface area contributed by atoms with Crippen molar-refractivity contribution in [1.82, 2.24) is 15.6 Å². The molecule has 0 radical (unpaired) electrons. The fourth-order valence-corrected chi connectivity index (χ4v) is 1.98. The van der Waals surface area contributed by atoms with Crippen molar-refractivity contribution in [1.29, 1.82) is 5.26 Å². The van der Waals surface area contributed by atoms with E-state index in [1.165, 1.54) is 5.01 Å². The molecule has 7 nitrogen and oxygen atoms in total.